The molecule has 0 N–H and O–H groups in total. The monoisotopic (exact) mass is 308 g/mol. The Morgan fingerprint density at radius 2 is 1.14 bits per heavy atom. The van der Waals surface area contributed by atoms with Gasteiger partial charge in [-0.3, -0.25) is 0 Å². The lowest BCUT2D eigenvalue weighted by Crippen LogP contribution is -2.39. The van der Waals surface area contributed by atoms with Crippen LogP contribution in [0.15, 0.2) is 0 Å². The quantitative estimate of drug-likeness (QED) is 0.429. The molecule has 4 rings (SSSR count). The van der Waals surface area contributed by atoms with E-state index in [4.69, 9.17) is 0 Å². The molecule has 0 aromatic rings. The third kappa shape index (κ3) is 3.73. The van der Waals surface area contributed by atoms with E-state index < -0.39 is 0 Å². The zero-order chi connectivity index (χ0) is 14.4. The summed E-state index contributed by atoms with van der Waals surface area (Å²) in [5, 5.41) is 0. The average molecular weight is 309 g/mol. The van der Waals surface area contributed by atoms with Crippen molar-refractivity contribution in [2.45, 2.75) is 107 Å². The highest BCUT2D eigenvalue weighted by Crippen LogP contribution is 2.55. The van der Waals surface area contributed by atoms with Gasteiger partial charge >= 0.3 is 0 Å². The molecule has 2 unspecified atom stereocenters. The molecule has 0 amide bonds. The molecule has 0 aromatic heterocycles. The molecule has 2 atom stereocenters. The fourth-order valence-corrected chi connectivity index (χ4v) is 6.21. The molecule has 4 aliphatic carbocycles. The summed E-state index contributed by atoms with van der Waals surface area (Å²) in [6.07, 6.45) is 15.2. The van der Waals surface area contributed by atoms with Crippen LogP contribution in [0, 0.1) is 34.5 Å². The first kappa shape index (κ1) is 20.0. The first-order chi connectivity index (χ1) is 9.39. The third-order valence-corrected chi connectivity index (χ3v) is 7.78. The predicted octanol–water partition coefficient (Wildman–Crippen LogP) is 7.72. The lowest BCUT2D eigenvalue weighted by Gasteiger charge is -2.49. The largest absolute Gasteiger partial charge is 0.0776 e. The standard InChI is InChI=1S/C11H20.C9H16.2CH4/c1-11(2)9-5-3-6-10(11)8-4-7-9;1-9(2)6-7-3-4-8(9)5-7;;/h9-10H,3-8H2,1-2H3;7-8H,3-6H2,1-2H3;2*1H4. The Balaban J connectivity index is 0.000000205. The van der Waals surface area contributed by atoms with Crippen LogP contribution in [0.2, 0.25) is 0 Å². The van der Waals surface area contributed by atoms with Crippen molar-refractivity contribution in [3.8, 4) is 0 Å². The fourth-order valence-electron chi connectivity index (χ4n) is 6.21. The summed E-state index contributed by atoms with van der Waals surface area (Å²) in [7, 11) is 0. The predicted molar refractivity (Wildman–Crippen MR) is 101 cm³/mol. The first-order valence-corrected chi connectivity index (χ1v) is 9.39. The summed E-state index contributed by atoms with van der Waals surface area (Å²) in [6, 6.07) is 0. The van der Waals surface area contributed by atoms with Gasteiger partial charge in [-0.05, 0) is 79.4 Å². The molecule has 0 heterocycles. The molecule has 22 heavy (non-hydrogen) atoms. The van der Waals surface area contributed by atoms with E-state index in [1.54, 1.807) is 6.42 Å². The van der Waals surface area contributed by atoms with Gasteiger partial charge in [-0.1, -0.05) is 61.8 Å². The van der Waals surface area contributed by atoms with Gasteiger partial charge in [0.1, 0.15) is 0 Å². The van der Waals surface area contributed by atoms with Gasteiger partial charge in [0.05, 0.1) is 0 Å². The molecular formula is C22H44. The normalized spacial score (nSPS) is 39.8. The van der Waals surface area contributed by atoms with Crippen molar-refractivity contribution < 1.29 is 0 Å². The molecule has 4 saturated carbocycles. The Hall–Kier alpha value is 0. The second-order valence-corrected chi connectivity index (χ2v) is 9.65. The number of rotatable bonds is 0. The van der Waals surface area contributed by atoms with Crippen molar-refractivity contribution in [3.63, 3.8) is 0 Å². The maximum Gasteiger partial charge on any atom is -0.0298 e. The molecule has 0 saturated heterocycles. The van der Waals surface area contributed by atoms with Crippen LogP contribution in [0.3, 0.4) is 0 Å². The van der Waals surface area contributed by atoms with Crippen LogP contribution in [0.25, 0.3) is 0 Å². The second-order valence-electron chi connectivity index (χ2n) is 9.65. The summed E-state index contributed by atoms with van der Waals surface area (Å²) in [5.41, 5.74) is 1.40. The van der Waals surface area contributed by atoms with Gasteiger partial charge in [-0.15, -0.1) is 0 Å². The SMILES string of the molecule is C.C.CC1(C)C2CCCC1CCC2.CC1(C)CC2CCC1C2. The van der Waals surface area contributed by atoms with Gasteiger partial charge in [-0.25, -0.2) is 0 Å². The van der Waals surface area contributed by atoms with Crippen LogP contribution in [-0.2, 0) is 0 Å². The Bertz CT molecular complexity index is 314. The molecule has 0 aromatic carbocycles. The lowest BCUT2D eigenvalue weighted by atomic mass is 9.56. The number of hydrogen-bond acceptors (Lipinski definition) is 0. The molecule has 0 aliphatic heterocycles. The van der Waals surface area contributed by atoms with Gasteiger partial charge in [-0.2, -0.15) is 0 Å². The highest BCUT2D eigenvalue weighted by Gasteiger charge is 2.44. The molecular weight excluding hydrogens is 264 g/mol. The van der Waals surface area contributed by atoms with Crippen LogP contribution in [0.4, 0.5) is 0 Å². The van der Waals surface area contributed by atoms with Crippen LogP contribution in [0.5, 0.6) is 0 Å². The van der Waals surface area contributed by atoms with E-state index >= 15 is 0 Å². The zero-order valence-corrected chi connectivity index (χ0v) is 14.4. The summed E-state index contributed by atoms with van der Waals surface area (Å²) < 4.78 is 0. The van der Waals surface area contributed by atoms with Crippen LogP contribution in [-0.4, -0.2) is 0 Å². The highest BCUT2D eigenvalue weighted by molar-refractivity contribution is 4.95. The van der Waals surface area contributed by atoms with Gasteiger partial charge in [0, 0.05) is 0 Å². The minimum atomic E-state index is 0. The lowest BCUT2D eigenvalue weighted by molar-refractivity contribution is 0.0135. The Morgan fingerprint density at radius 1 is 0.636 bits per heavy atom. The van der Waals surface area contributed by atoms with Gasteiger partial charge in [0.2, 0.25) is 0 Å². The molecule has 0 nitrogen and oxygen atoms in total. The summed E-state index contributed by atoms with van der Waals surface area (Å²) in [6.45, 7) is 9.88. The van der Waals surface area contributed by atoms with Crippen molar-refractivity contribution in [2.75, 3.05) is 0 Å². The molecule has 4 fully saturated rings. The molecule has 0 heteroatoms. The Kier molecular flexibility index (Phi) is 6.62. The van der Waals surface area contributed by atoms with Crippen LogP contribution in [0.1, 0.15) is 107 Å². The smallest absolute Gasteiger partial charge is 0.0298 e. The van der Waals surface area contributed by atoms with E-state index in [0.717, 1.165) is 23.7 Å². The molecule has 132 valence electrons. The Morgan fingerprint density at radius 3 is 1.36 bits per heavy atom. The van der Waals surface area contributed by atoms with Gasteiger partial charge in [0.15, 0.2) is 0 Å². The maximum absolute atomic E-state index is 2.50. The molecule has 0 radical (unpaired) electrons. The molecule has 4 bridgehead atoms. The van der Waals surface area contributed by atoms with E-state index in [1.165, 1.54) is 57.8 Å². The summed E-state index contributed by atoms with van der Waals surface area (Å²) in [5.74, 6) is 4.33. The fraction of sp³-hybridized carbons (Fsp3) is 1.00. The van der Waals surface area contributed by atoms with Crippen molar-refractivity contribution in [3.05, 3.63) is 0 Å². The molecule has 4 aliphatic rings. The van der Waals surface area contributed by atoms with Crippen molar-refractivity contribution in [1.82, 2.24) is 0 Å². The van der Waals surface area contributed by atoms with Crippen molar-refractivity contribution in [1.29, 1.82) is 0 Å². The minimum absolute atomic E-state index is 0. The zero-order valence-electron chi connectivity index (χ0n) is 14.4. The topological polar surface area (TPSA) is 0 Å². The minimum Gasteiger partial charge on any atom is -0.0776 e. The third-order valence-electron chi connectivity index (χ3n) is 7.78. The van der Waals surface area contributed by atoms with Crippen LogP contribution >= 0.6 is 0 Å². The number of fused-ring (bicyclic) bond motifs is 4. The highest BCUT2D eigenvalue weighted by atomic mass is 14.5. The summed E-state index contributed by atoms with van der Waals surface area (Å²) in [4.78, 5) is 0. The second kappa shape index (κ2) is 7.27. The van der Waals surface area contributed by atoms with E-state index in [2.05, 4.69) is 27.7 Å². The van der Waals surface area contributed by atoms with E-state index in [-0.39, 0.29) is 14.9 Å². The van der Waals surface area contributed by atoms with E-state index in [9.17, 15) is 0 Å². The van der Waals surface area contributed by atoms with Crippen LogP contribution < -0.4 is 0 Å². The summed E-state index contributed by atoms with van der Waals surface area (Å²) >= 11 is 0. The van der Waals surface area contributed by atoms with Crippen molar-refractivity contribution >= 4 is 0 Å². The first-order valence-electron chi connectivity index (χ1n) is 9.39. The van der Waals surface area contributed by atoms with Gasteiger partial charge < -0.3 is 0 Å². The van der Waals surface area contributed by atoms with E-state index in [1.807, 2.05) is 0 Å². The number of hydrogen-bond donors (Lipinski definition) is 0. The molecule has 0 spiro atoms. The van der Waals surface area contributed by atoms with E-state index in [0.29, 0.717) is 10.8 Å². The van der Waals surface area contributed by atoms with Gasteiger partial charge in [0.25, 0.3) is 0 Å². The maximum atomic E-state index is 2.50. The average Bonchev–Trinajstić information content (AvgIpc) is 2.86. The van der Waals surface area contributed by atoms with Crippen molar-refractivity contribution in [2.24, 2.45) is 34.5 Å². The Labute approximate surface area is 141 Å².